The zero-order valence-electron chi connectivity index (χ0n) is 17.5. The predicted octanol–water partition coefficient (Wildman–Crippen LogP) is 6.10. The molecule has 4 heteroatoms. The van der Waals surface area contributed by atoms with Crippen LogP contribution in [0.25, 0.3) is 10.9 Å². The minimum atomic E-state index is 0.500. The van der Waals surface area contributed by atoms with Gasteiger partial charge in [0.2, 0.25) is 0 Å². The highest BCUT2D eigenvalue weighted by Gasteiger charge is 2.13. The minimum absolute atomic E-state index is 0.500. The van der Waals surface area contributed by atoms with E-state index in [1.165, 1.54) is 0 Å². The summed E-state index contributed by atoms with van der Waals surface area (Å²) in [5, 5.41) is 1.07. The van der Waals surface area contributed by atoms with Gasteiger partial charge in [0.05, 0.1) is 31.0 Å². The molecule has 0 bridgehead atoms. The molecule has 3 rings (SSSR count). The van der Waals surface area contributed by atoms with Gasteiger partial charge in [-0.1, -0.05) is 43.7 Å². The van der Waals surface area contributed by atoms with Gasteiger partial charge in [-0.3, -0.25) is 0 Å². The number of aromatic nitrogens is 1. The molecule has 29 heavy (non-hydrogen) atoms. The van der Waals surface area contributed by atoms with Crippen molar-refractivity contribution in [2.24, 2.45) is 0 Å². The van der Waals surface area contributed by atoms with E-state index in [-0.39, 0.29) is 0 Å². The summed E-state index contributed by atoms with van der Waals surface area (Å²) < 4.78 is 17.7. The average Bonchev–Trinajstić information content (AvgIpc) is 2.76. The van der Waals surface area contributed by atoms with Crippen LogP contribution in [-0.2, 0) is 11.3 Å². The number of nitrogens with zero attached hydrogens (tertiary/aromatic N) is 1. The van der Waals surface area contributed by atoms with Gasteiger partial charge in [0.1, 0.15) is 11.5 Å². The fourth-order valence-electron chi connectivity index (χ4n) is 3.15. The van der Waals surface area contributed by atoms with Crippen LogP contribution in [0.4, 0.5) is 0 Å². The number of hydrogen-bond acceptors (Lipinski definition) is 4. The fourth-order valence-corrected chi connectivity index (χ4v) is 3.15. The zero-order valence-corrected chi connectivity index (χ0v) is 17.5. The van der Waals surface area contributed by atoms with Crippen molar-refractivity contribution in [2.45, 2.75) is 46.1 Å². The average molecular weight is 394 g/mol. The first-order valence-corrected chi connectivity index (χ1v) is 10.6. The SMILES string of the molecule is CCCCOc1c(C)c(COCCCCOc2ccccc2)nc2ccccc12. The van der Waals surface area contributed by atoms with Crippen LogP contribution in [0.3, 0.4) is 0 Å². The third kappa shape index (κ3) is 6.20. The Morgan fingerprint density at radius 1 is 0.793 bits per heavy atom. The third-order valence-electron chi connectivity index (χ3n) is 4.86. The van der Waals surface area contributed by atoms with Crippen LogP contribution in [-0.4, -0.2) is 24.8 Å². The summed E-state index contributed by atoms with van der Waals surface area (Å²) in [6.07, 6.45) is 4.09. The van der Waals surface area contributed by atoms with Crippen molar-refractivity contribution < 1.29 is 14.2 Å². The lowest BCUT2D eigenvalue weighted by Gasteiger charge is -2.15. The highest BCUT2D eigenvalue weighted by atomic mass is 16.5. The molecule has 0 aliphatic rings. The second kappa shape index (κ2) is 11.4. The quantitative estimate of drug-likeness (QED) is 0.349. The molecule has 0 aliphatic carbocycles. The second-order valence-corrected chi connectivity index (χ2v) is 7.15. The van der Waals surface area contributed by atoms with E-state index in [4.69, 9.17) is 19.2 Å². The second-order valence-electron chi connectivity index (χ2n) is 7.15. The topological polar surface area (TPSA) is 40.6 Å². The van der Waals surface area contributed by atoms with Crippen molar-refractivity contribution in [3.05, 3.63) is 65.9 Å². The Morgan fingerprint density at radius 3 is 2.34 bits per heavy atom. The molecule has 154 valence electrons. The molecule has 4 nitrogen and oxygen atoms in total. The Labute approximate surface area is 173 Å². The Bertz CT molecular complexity index is 880. The molecule has 0 saturated heterocycles. The first-order chi connectivity index (χ1) is 14.3. The van der Waals surface area contributed by atoms with Crippen molar-refractivity contribution in [2.75, 3.05) is 19.8 Å². The molecule has 1 heterocycles. The molecular weight excluding hydrogens is 362 g/mol. The molecule has 0 fully saturated rings. The molecule has 0 aliphatic heterocycles. The van der Waals surface area contributed by atoms with E-state index in [0.717, 1.165) is 65.9 Å². The van der Waals surface area contributed by atoms with E-state index < -0.39 is 0 Å². The summed E-state index contributed by atoms with van der Waals surface area (Å²) in [6.45, 7) is 6.87. The van der Waals surface area contributed by atoms with E-state index in [9.17, 15) is 0 Å². The van der Waals surface area contributed by atoms with Gasteiger partial charge in [-0.15, -0.1) is 0 Å². The summed E-state index contributed by atoms with van der Waals surface area (Å²) >= 11 is 0. The molecule has 1 aromatic heterocycles. The maximum absolute atomic E-state index is 6.12. The largest absolute Gasteiger partial charge is 0.494 e. The maximum Gasteiger partial charge on any atom is 0.133 e. The van der Waals surface area contributed by atoms with Crippen molar-refractivity contribution in [3.63, 3.8) is 0 Å². The van der Waals surface area contributed by atoms with Crippen molar-refractivity contribution >= 4 is 10.9 Å². The minimum Gasteiger partial charge on any atom is -0.494 e. The highest BCUT2D eigenvalue weighted by Crippen LogP contribution is 2.31. The normalized spacial score (nSPS) is 11.0. The molecular formula is C25H31NO3. The monoisotopic (exact) mass is 393 g/mol. The Kier molecular flexibility index (Phi) is 8.32. The van der Waals surface area contributed by atoms with Crippen LogP contribution in [0.2, 0.25) is 0 Å². The van der Waals surface area contributed by atoms with Crippen LogP contribution in [0, 0.1) is 6.92 Å². The number of unbranched alkanes of at least 4 members (excludes halogenated alkanes) is 2. The number of para-hydroxylation sites is 2. The van der Waals surface area contributed by atoms with Gasteiger partial charge in [-0.2, -0.15) is 0 Å². The highest BCUT2D eigenvalue weighted by molar-refractivity contribution is 5.86. The van der Waals surface area contributed by atoms with E-state index in [1.807, 2.05) is 48.5 Å². The van der Waals surface area contributed by atoms with Crippen LogP contribution in [0.15, 0.2) is 54.6 Å². The molecule has 0 N–H and O–H groups in total. The maximum atomic E-state index is 6.12. The van der Waals surface area contributed by atoms with Crippen LogP contribution in [0.1, 0.15) is 43.9 Å². The van der Waals surface area contributed by atoms with Gasteiger partial charge >= 0.3 is 0 Å². The summed E-state index contributed by atoms with van der Waals surface area (Å²) in [5.74, 6) is 1.86. The Balaban J connectivity index is 1.51. The molecule has 0 radical (unpaired) electrons. The number of hydrogen-bond donors (Lipinski definition) is 0. The van der Waals surface area contributed by atoms with Crippen LogP contribution < -0.4 is 9.47 Å². The lowest BCUT2D eigenvalue weighted by molar-refractivity contribution is 0.111. The van der Waals surface area contributed by atoms with Crippen molar-refractivity contribution in [3.8, 4) is 11.5 Å². The predicted molar refractivity (Wildman–Crippen MR) is 118 cm³/mol. The van der Waals surface area contributed by atoms with E-state index in [0.29, 0.717) is 19.8 Å². The zero-order chi connectivity index (χ0) is 20.3. The number of fused-ring (bicyclic) bond motifs is 1. The Morgan fingerprint density at radius 2 is 1.52 bits per heavy atom. The lowest BCUT2D eigenvalue weighted by atomic mass is 10.1. The summed E-state index contributed by atoms with van der Waals surface area (Å²) in [7, 11) is 0. The molecule has 0 amide bonds. The number of pyridine rings is 1. The first kappa shape index (κ1) is 21.1. The van der Waals surface area contributed by atoms with E-state index in [2.05, 4.69) is 19.9 Å². The summed E-state index contributed by atoms with van der Waals surface area (Å²) in [4.78, 5) is 4.81. The van der Waals surface area contributed by atoms with E-state index >= 15 is 0 Å². The third-order valence-corrected chi connectivity index (χ3v) is 4.86. The van der Waals surface area contributed by atoms with Gasteiger partial charge in [0.25, 0.3) is 0 Å². The smallest absolute Gasteiger partial charge is 0.133 e. The lowest BCUT2D eigenvalue weighted by Crippen LogP contribution is -2.06. The number of benzene rings is 2. The van der Waals surface area contributed by atoms with Gasteiger partial charge in [-0.25, -0.2) is 4.98 Å². The molecule has 0 unspecified atom stereocenters. The Hall–Kier alpha value is -2.59. The molecule has 0 atom stereocenters. The van der Waals surface area contributed by atoms with Crippen molar-refractivity contribution in [1.82, 2.24) is 4.98 Å². The fraction of sp³-hybridized carbons (Fsp3) is 0.400. The molecule has 2 aromatic carbocycles. The van der Waals surface area contributed by atoms with Gasteiger partial charge < -0.3 is 14.2 Å². The number of rotatable bonds is 12. The molecule has 0 saturated carbocycles. The van der Waals surface area contributed by atoms with Crippen molar-refractivity contribution in [1.29, 1.82) is 0 Å². The standard InChI is InChI=1S/C25H31NO3/c1-3-4-17-29-25-20(2)24(26-23-15-9-8-14-22(23)25)19-27-16-10-11-18-28-21-12-6-5-7-13-21/h5-9,12-15H,3-4,10-11,16-19H2,1-2H3. The summed E-state index contributed by atoms with van der Waals surface area (Å²) in [5.41, 5.74) is 2.99. The van der Waals surface area contributed by atoms with Gasteiger partial charge in [0.15, 0.2) is 0 Å². The van der Waals surface area contributed by atoms with E-state index in [1.54, 1.807) is 0 Å². The first-order valence-electron chi connectivity index (χ1n) is 10.6. The van der Waals surface area contributed by atoms with Crippen LogP contribution in [0.5, 0.6) is 11.5 Å². The number of ether oxygens (including phenoxy) is 3. The molecule has 3 aromatic rings. The van der Waals surface area contributed by atoms with Gasteiger partial charge in [-0.05, 0) is 50.5 Å². The van der Waals surface area contributed by atoms with Crippen LogP contribution >= 0.6 is 0 Å². The molecule has 0 spiro atoms. The van der Waals surface area contributed by atoms with Gasteiger partial charge in [0, 0.05) is 17.6 Å². The summed E-state index contributed by atoms with van der Waals surface area (Å²) in [6, 6.07) is 18.1.